The summed E-state index contributed by atoms with van der Waals surface area (Å²) in [6, 6.07) is 14.3. The van der Waals surface area contributed by atoms with Gasteiger partial charge in [0.25, 0.3) is 0 Å². The fraction of sp³-hybridized carbons (Fsp3) is 0.0769. The van der Waals surface area contributed by atoms with Gasteiger partial charge in [-0.05, 0) is 23.8 Å². The summed E-state index contributed by atoms with van der Waals surface area (Å²) in [6.45, 7) is 0. The second-order valence-corrected chi connectivity index (χ2v) is 4.32. The molecule has 1 N–H and O–H groups in total. The van der Waals surface area contributed by atoms with Crippen LogP contribution in [-0.4, -0.2) is 5.11 Å². The highest BCUT2D eigenvalue weighted by atomic mass is 35.5. The molecule has 82 valence electrons. The van der Waals surface area contributed by atoms with Crippen LogP contribution in [0.5, 0.6) is 0 Å². The van der Waals surface area contributed by atoms with Crippen molar-refractivity contribution in [2.24, 2.45) is 0 Å². The van der Waals surface area contributed by atoms with Gasteiger partial charge in [0.05, 0.1) is 0 Å². The molecule has 3 heteroatoms. The Bertz CT molecular complexity index is 480. The molecule has 2 rings (SSSR count). The second-order valence-electron chi connectivity index (χ2n) is 3.48. The number of hydrogen-bond donors (Lipinski definition) is 1. The molecule has 2 aromatic rings. The van der Waals surface area contributed by atoms with Gasteiger partial charge in [0.15, 0.2) is 0 Å². The van der Waals surface area contributed by atoms with E-state index in [-0.39, 0.29) is 0 Å². The second kappa shape index (κ2) is 4.88. The highest BCUT2D eigenvalue weighted by Crippen LogP contribution is 2.28. The van der Waals surface area contributed by atoms with Gasteiger partial charge in [-0.15, -0.1) is 0 Å². The van der Waals surface area contributed by atoms with E-state index >= 15 is 0 Å². The quantitative estimate of drug-likeness (QED) is 0.855. The third kappa shape index (κ3) is 2.38. The molecular formula is C13H10Cl2O. The van der Waals surface area contributed by atoms with Crippen molar-refractivity contribution in [1.29, 1.82) is 0 Å². The maximum absolute atomic E-state index is 10.1. The lowest BCUT2D eigenvalue weighted by molar-refractivity contribution is 0.220. The molecule has 1 atom stereocenters. The predicted molar refractivity (Wildman–Crippen MR) is 67.0 cm³/mol. The molecule has 0 radical (unpaired) electrons. The van der Waals surface area contributed by atoms with Crippen molar-refractivity contribution >= 4 is 23.2 Å². The SMILES string of the molecule is O[C@H](c1ccc(Cl)cc1)c1ccccc1Cl. The molecular weight excluding hydrogens is 243 g/mol. The van der Waals surface area contributed by atoms with Crippen molar-refractivity contribution in [3.63, 3.8) is 0 Å². The maximum Gasteiger partial charge on any atom is 0.105 e. The van der Waals surface area contributed by atoms with Crippen LogP contribution in [-0.2, 0) is 0 Å². The van der Waals surface area contributed by atoms with E-state index in [0.29, 0.717) is 15.6 Å². The van der Waals surface area contributed by atoms with Crippen molar-refractivity contribution in [3.05, 3.63) is 69.7 Å². The van der Waals surface area contributed by atoms with Gasteiger partial charge in [0.1, 0.15) is 6.10 Å². The maximum atomic E-state index is 10.1. The Morgan fingerprint density at radius 2 is 1.50 bits per heavy atom. The third-order valence-corrected chi connectivity index (χ3v) is 2.98. The minimum atomic E-state index is -0.717. The molecule has 2 aromatic carbocycles. The van der Waals surface area contributed by atoms with Crippen molar-refractivity contribution in [3.8, 4) is 0 Å². The summed E-state index contributed by atoms with van der Waals surface area (Å²) in [5, 5.41) is 11.3. The summed E-state index contributed by atoms with van der Waals surface area (Å²) in [5.74, 6) is 0. The third-order valence-electron chi connectivity index (χ3n) is 2.39. The van der Waals surface area contributed by atoms with Crippen LogP contribution < -0.4 is 0 Å². The van der Waals surface area contributed by atoms with E-state index in [2.05, 4.69) is 0 Å². The Kier molecular flexibility index (Phi) is 3.49. The summed E-state index contributed by atoms with van der Waals surface area (Å²) in [7, 11) is 0. The zero-order valence-electron chi connectivity index (χ0n) is 8.40. The van der Waals surface area contributed by atoms with E-state index in [1.54, 1.807) is 30.3 Å². The molecule has 0 bridgehead atoms. The molecule has 0 aromatic heterocycles. The monoisotopic (exact) mass is 252 g/mol. The molecule has 0 spiro atoms. The summed E-state index contributed by atoms with van der Waals surface area (Å²) < 4.78 is 0. The average Bonchev–Trinajstić information content (AvgIpc) is 2.30. The number of aliphatic hydroxyl groups is 1. The standard InChI is InChI=1S/C13H10Cl2O/c14-10-7-5-9(6-8-10)13(16)11-3-1-2-4-12(11)15/h1-8,13,16H/t13-/m1/s1. The van der Waals surface area contributed by atoms with Crippen molar-refractivity contribution in [2.75, 3.05) is 0 Å². The van der Waals surface area contributed by atoms with Crippen LogP contribution >= 0.6 is 23.2 Å². The number of rotatable bonds is 2. The minimum Gasteiger partial charge on any atom is -0.384 e. The molecule has 0 amide bonds. The summed E-state index contributed by atoms with van der Waals surface area (Å²) in [6.07, 6.45) is -0.717. The van der Waals surface area contributed by atoms with Crippen molar-refractivity contribution in [2.45, 2.75) is 6.10 Å². The first-order valence-corrected chi connectivity index (χ1v) is 5.62. The Morgan fingerprint density at radius 1 is 0.875 bits per heavy atom. The Balaban J connectivity index is 2.35. The largest absolute Gasteiger partial charge is 0.384 e. The molecule has 0 fully saturated rings. The first-order valence-electron chi connectivity index (χ1n) is 4.86. The smallest absolute Gasteiger partial charge is 0.105 e. The molecule has 16 heavy (non-hydrogen) atoms. The Hall–Kier alpha value is -1.02. The van der Waals surface area contributed by atoms with Crippen LogP contribution in [0.2, 0.25) is 10.0 Å². The van der Waals surface area contributed by atoms with Gasteiger partial charge in [-0.1, -0.05) is 53.5 Å². The number of halogens is 2. The molecule has 0 saturated carbocycles. The fourth-order valence-corrected chi connectivity index (χ4v) is 1.89. The Labute approximate surface area is 104 Å². The first kappa shape index (κ1) is 11.5. The lowest BCUT2D eigenvalue weighted by atomic mass is 10.0. The van der Waals surface area contributed by atoms with Gasteiger partial charge in [0, 0.05) is 15.6 Å². The van der Waals surface area contributed by atoms with E-state index in [1.165, 1.54) is 0 Å². The number of benzene rings is 2. The molecule has 0 aliphatic heterocycles. The normalized spacial score (nSPS) is 12.4. The van der Waals surface area contributed by atoms with Crippen LogP contribution in [0.15, 0.2) is 48.5 Å². The Morgan fingerprint density at radius 3 is 2.12 bits per heavy atom. The molecule has 0 unspecified atom stereocenters. The lowest BCUT2D eigenvalue weighted by Gasteiger charge is -2.12. The van der Waals surface area contributed by atoms with E-state index in [9.17, 15) is 5.11 Å². The van der Waals surface area contributed by atoms with Crippen LogP contribution in [0, 0.1) is 0 Å². The molecule has 0 saturated heterocycles. The fourth-order valence-electron chi connectivity index (χ4n) is 1.52. The highest BCUT2D eigenvalue weighted by Gasteiger charge is 2.12. The van der Waals surface area contributed by atoms with E-state index in [0.717, 1.165) is 5.56 Å². The van der Waals surface area contributed by atoms with E-state index in [1.807, 2.05) is 18.2 Å². The number of aliphatic hydroxyl groups excluding tert-OH is 1. The summed E-state index contributed by atoms with van der Waals surface area (Å²) in [4.78, 5) is 0. The van der Waals surface area contributed by atoms with Gasteiger partial charge < -0.3 is 5.11 Å². The minimum absolute atomic E-state index is 0.560. The predicted octanol–water partition coefficient (Wildman–Crippen LogP) is 4.08. The zero-order valence-corrected chi connectivity index (χ0v) is 9.91. The van der Waals surface area contributed by atoms with Gasteiger partial charge in [0.2, 0.25) is 0 Å². The van der Waals surface area contributed by atoms with Crippen molar-refractivity contribution < 1.29 is 5.11 Å². The topological polar surface area (TPSA) is 20.2 Å². The van der Waals surface area contributed by atoms with Gasteiger partial charge in [-0.25, -0.2) is 0 Å². The lowest BCUT2D eigenvalue weighted by Crippen LogP contribution is -1.99. The summed E-state index contributed by atoms with van der Waals surface area (Å²) in [5.41, 5.74) is 1.48. The van der Waals surface area contributed by atoms with Crippen LogP contribution in [0.3, 0.4) is 0 Å². The van der Waals surface area contributed by atoms with E-state index in [4.69, 9.17) is 23.2 Å². The first-order chi connectivity index (χ1) is 7.68. The van der Waals surface area contributed by atoms with Crippen LogP contribution in [0.1, 0.15) is 17.2 Å². The van der Waals surface area contributed by atoms with Gasteiger partial charge in [-0.2, -0.15) is 0 Å². The average molecular weight is 253 g/mol. The summed E-state index contributed by atoms with van der Waals surface area (Å²) >= 11 is 11.8. The highest BCUT2D eigenvalue weighted by molar-refractivity contribution is 6.31. The van der Waals surface area contributed by atoms with E-state index < -0.39 is 6.10 Å². The molecule has 0 heterocycles. The van der Waals surface area contributed by atoms with Gasteiger partial charge in [-0.3, -0.25) is 0 Å². The molecule has 0 aliphatic rings. The van der Waals surface area contributed by atoms with Crippen molar-refractivity contribution in [1.82, 2.24) is 0 Å². The van der Waals surface area contributed by atoms with Crippen LogP contribution in [0.25, 0.3) is 0 Å². The number of hydrogen-bond acceptors (Lipinski definition) is 1. The molecule has 0 aliphatic carbocycles. The van der Waals surface area contributed by atoms with Crippen LogP contribution in [0.4, 0.5) is 0 Å². The van der Waals surface area contributed by atoms with Gasteiger partial charge >= 0.3 is 0 Å². The zero-order chi connectivity index (χ0) is 11.5. The molecule has 1 nitrogen and oxygen atoms in total.